The molecule has 6 nitrogen and oxygen atoms in total. The summed E-state index contributed by atoms with van der Waals surface area (Å²) in [5.41, 5.74) is 0.980. The molecule has 0 radical (unpaired) electrons. The maximum absolute atomic E-state index is 9.60. The number of hydrogen-bond donors (Lipinski definition) is 1. The van der Waals surface area contributed by atoms with Gasteiger partial charge in [-0.05, 0) is 44.9 Å². The van der Waals surface area contributed by atoms with Crippen molar-refractivity contribution < 1.29 is 19.0 Å². The third kappa shape index (κ3) is 8.74. The number of nitrogens with zero attached hydrogens (tertiary/aromatic N) is 1. The summed E-state index contributed by atoms with van der Waals surface area (Å²) in [5, 5.41) is 3.37. The molecule has 0 aromatic heterocycles. The second-order valence-corrected chi connectivity index (χ2v) is 6.86. The van der Waals surface area contributed by atoms with Gasteiger partial charge in [0.05, 0.1) is 14.2 Å². The summed E-state index contributed by atoms with van der Waals surface area (Å²) in [5.74, 6) is 1.61. The largest absolute Gasteiger partial charge is 0.493 e. The van der Waals surface area contributed by atoms with E-state index in [1.165, 1.54) is 5.56 Å². The standard InChI is InChI=1S/C14H22N2O2.C5H10O2/c1-17-13-4-3-12(11-14(13)18-2)5-8-16-9-6-15-7-10-16;1-5(2,3)7-4-6/h3-4,11,15H,5-10H2,1-2H3;4H,1-3H3. The molecule has 0 saturated carbocycles. The van der Waals surface area contributed by atoms with E-state index in [0.717, 1.165) is 50.6 Å². The smallest absolute Gasteiger partial charge is 0.293 e. The van der Waals surface area contributed by atoms with E-state index in [1.807, 2.05) is 26.8 Å². The van der Waals surface area contributed by atoms with E-state index in [-0.39, 0.29) is 5.60 Å². The number of benzene rings is 1. The Morgan fingerprint density at radius 1 is 1.12 bits per heavy atom. The number of nitrogens with one attached hydrogen (secondary N) is 1. The Balaban J connectivity index is 0.000000381. The van der Waals surface area contributed by atoms with Gasteiger partial charge in [0, 0.05) is 32.7 Å². The summed E-state index contributed by atoms with van der Waals surface area (Å²) in [7, 11) is 3.34. The lowest BCUT2D eigenvalue weighted by Gasteiger charge is -2.27. The zero-order valence-electron chi connectivity index (χ0n) is 16.1. The molecule has 0 unspecified atom stereocenters. The molecule has 1 aromatic rings. The molecule has 6 heteroatoms. The van der Waals surface area contributed by atoms with Gasteiger partial charge >= 0.3 is 0 Å². The minimum atomic E-state index is -0.318. The van der Waals surface area contributed by atoms with Crippen LogP contribution in [0.3, 0.4) is 0 Å². The van der Waals surface area contributed by atoms with E-state index < -0.39 is 0 Å². The average Bonchev–Trinajstić information content (AvgIpc) is 2.60. The van der Waals surface area contributed by atoms with Crippen molar-refractivity contribution in [2.75, 3.05) is 46.9 Å². The van der Waals surface area contributed by atoms with Crippen molar-refractivity contribution in [1.29, 1.82) is 0 Å². The van der Waals surface area contributed by atoms with Gasteiger partial charge in [-0.15, -0.1) is 0 Å². The van der Waals surface area contributed by atoms with Crippen molar-refractivity contribution in [1.82, 2.24) is 10.2 Å². The van der Waals surface area contributed by atoms with Crippen molar-refractivity contribution in [2.24, 2.45) is 0 Å². The molecule has 1 saturated heterocycles. The van der Waals surface area contributed by atoms with Gasteiger partial charge in [0.2, 0.25) is 0 Å². The fraction of sp³-hybridized carbons (Fsp3) is 0.632. The second kappa shape index (κ2) is 10.9. The van der Waals surface area contributed by atoms with Crippen LogP contribution in [0.2, 0.25) is 0 Å². The third-order valence-corrected chi connectivity index (χ3v) is 3.78. The van der Waals surface area contributed by atoms with Crippen LogP contribution in [0.25, 0.3) is 0 Å². The molecule has 2 rings (SSSR count). The first-order valence-electron chi connectivity index (χ1n) is 8.65. The van der Waals surface area contributed by atoms with Gasteiger partial charge in [0.1, 0.15) is 5.60 Å². The summed E-state index contributed by atoms with van der Waals surface area (Å²) in [6, 6.07) is 6.16. The van der Waals surface area contributed by atoms with E-state index in [9.17, 15) is 4.79 Å². The summed E-state index contributed by atoms with van der Waals surface area (Å²) in [4.78, 5) is 12.1. The van der Waals surface area contributed by atoms with E-state index in [0.29, 0.717) is 6.47 Å². The highest BCUT2D eigenvalue weighted by Crippen LogP contribution is 2.27. The predicted octanol–water partition coefficient (Wildman–Crippen LogP) is 2.11. The normalized spacial score (nSPS) is 14.9. The van der Waals surface area contributed by atoms with E-state index in [2.05, 4.69) is 27.1 Å². The van der Waals surface area contributed by atoms with Gasteiger partial charge in [-0.25, -0.2) is 0 Å². The van der Waals surface area contributed by atoms with Crippen LogP contribution in [0, 0.1) is 0 Å². The lowest BCUT2D eigenvalue weighted by molar-refractivity contribution is -0.138. The molecule has 1 aromatic carbocycles. The summed E-state index contributed by atoms with van der Waals surface area (Å²) in [6.45, 7) is 11.5. The van der Waals surface area contributed by atoms with Crippen molar-refractivity contribution in [2.45, 2.75) is 32.8 Å². The number of carbonyl (C=O) groups excluding carboxylic acids is 1. The summed E-state index contributed by atoms with van der Waals surface area (Å²) < 4.78 is 15.1. The lowest BCUT2D eigenvalue weighted by atomic mass is 10.1. The Kier molecular flexibility index (Phi) is 9.31. The van der Waals surface area contributed by atoms with E-state index >= 15 is 0 Å². The Bertz CT molecular complexity index is 509. The van der Waals surface area contributed by atoms with Crippen molar-refractivity contribution in [3.63, 3.8) is 0 Å². The van der Waals surface area contributed by atoms with Crippen LogP contribution in [0.1, 0.15) is 26.3 Å². The maximum Gasteiger partial charge on any atom is 0.293 e. The fourth-order valence-electron chi connectivity index (χ4n) is 2.40. The molecule has 1 N–H and O–H groups in total. The molecule has 142 valence electrons. The number of carbonyl (C=O) groups is 1. The molecule has 0 spiro atoms. The van der Waals surface area contributed by atoms with Crippen LogP contribution in [0.5, 0.6) is 11.5 Å². The quantitative estimate of drug-likeness (QED) is 0.792. The van der Waals surface area contributed by atoms with Crippen LogP contribution < -0.4 is 14.8 Å². The van der Waals surface area contributed by atoms with Crippen LogP contribution >= 0.6 is 0 Å². The number of piperazine rings is 1. The third-order valence-electron chi connectivity index (χ3n) is 3.78. The average molecular weight is 352 g/mol. The van der Waals surface area contributed by atoms with Crippen LogP contribution in [0.15, 0.2) is 18.2 Å². The molecular weight excluding hydrogens is 320 g/mol. The molecule has 0 amide bonds. The van der Waals surface area contributed by atoms with E-state index in [1.54, 1.807) is 14.2 Å². The molecule has 1 aliphatic rings. The number of ether oxygens (including phenoxy) is 3. The van der Waals surface area contributed by atoms with Crippen molar-refractivity contribution in [3.05, 3.63) is 23.8 Å². The SMILES string of the molecule is CC(C)(C)OC=O.COc1ccc(CCN2CCNCC2)cc1OC. The van der Waals surface area contributed by atoms with Gasteiger partial charge < -0.3 is 24.4 Å². The molecule has 25 heavy (non-hydrogen) atoms. The first kappa shape index (κ1) is 21.3. The molecule has 0 aliphatic carbocycles. The number of hydrogen-bond acceptors (Lipinski definition) is 6. The minimum Gasteiger partial charge on any atom is -0.493 e. The zero-order chi connectivity index (χ0) is 18.7. The summed E-state index contributed by atoms with van der Waals surface area (Å²) in [6.07, 6.45) is 1.06. The molecule has 0 atom stereocenters. The Morgan fingerprint density at radius 3 is 2.24 bits per heavy atom. The Hall–Kier alpha value is -1.79. The lowest BCUT2D eigenvalue weighted by Crippen LogP contribution is -2.44. The maximum atomic E-state index is 9.60. The summed E-state index contributed by atoms with van der Waals surface area (Å²) >= 11 is 0. The van der Waals surface area contributed by atoms with Crippen LogP contribution in [0.4, 0.5) is 0 Å². The van der Waals surface area contributed by atoms with Gasteiger partial charge in [0.25, 0.3) is 6.47 Å². The zero-order valence-corrected chi connectivity index (χ0v) is 16.1. The first-order valence-corrected chi connectivity index (χ1v) is 8.65. The van der Waals surface area contributed by atoms with Gasteiger partial charge in [-0.3, -0.25) is 4.79 Å². The Morgan fingerprint density at radius 2 is 1.76 bits per heavy atom. The predicted molar refractivity (Wildman–Crippen MR) is 99.5 cm³/mol. The minimum absolute atomic E-state index is 0.318. The Labute approximate surface area is 151 Å². The molecule has 1 heterocycles. The van der Waals surface area contributed by atoms with Crippen molar-refractivity contribution in [3.8, 4) is 11.5 Å². The van der Waals surface area contributed by atoms with Gasteiger partial charge in [-0.1, -0.05) is 6.07 Å². The van der Waals surface area contributed by atoms with E-state index in [4.69, 9.17) is 9.47 Å². The van der Waals surface area contributed by atoms with Crippen molar-refractivity contribution >= 4 is 6.47 Å². The second-order valence-electron chi connectivity index (χ2n) is 6.86. The number of methoxy groups -OCH3 is 2. The van der Waals surface area contributed by atoms with Crippen LogP contribution in [-0.4, -0.2) is 63.9 Å². The first-order chi connectivity index (χ1) is 11.9. The monoisotopic (exact) mass is 352 g/mol. The van der Waals surface area contributed by atoms with Gasteiger partial charge in [-0.2, -0.15) is 0 Å². The fourth-order valence-corrected chi connectivity index (χ4v) is 2.40. The molecule has 1 aliphatic heterocycles. The molecule has 0 bridgehead atoms. The topological polar surface area (TPSA) is 60.0 Å². The van der Waals surface area contributed by atoms with Crippen LogP contribution in [-0.2, 0) is 16.0 Å². The molecular formula is C19H32N2O4. The molecule has 1 fully saturated rings. The highest BCUT2D eigenvalue weighted by molar-refractivity contribution is 5.42. The van der Waals surface area contributed by atoms with Gasteiger partial charge in [0.15, 0.2) is 11.5 Å². The highest BCUT2D eigenvalue weighted by Gasteiger charge is 2.10. The number of rotatable bonds is 6. The highest BCUT2D eigenvalue weighted by atomic mass is 16.5.